The van der Waals surface area contributed by atoms with E-state index in [0.717, 1.165) is 59.7 Å². The Morgan fingerprint density at radius 3 is 2.29 bits per heavy atom. The number of halogens is 4. The number of benzene rings is 2. The summed E-state index contributed by atoms with van der Waals surface area (Å²) in [6.45, 7) is -3.12. The number of aromatic nitrogens is 1. The van der Waals surface area contributed by atoms with E-state index in [-0.39, 0.29) is 50.9 Å². The van der Waals surface area contributed by atoms with Gasteiger partial charge in [0, 0.05) is 30.0 Å². The minimum Gasteiger partial charge on any atom is -0.619 e. The number of carbonyl (C=O) groups excluding carboxylic acids is 1. The SMILES string of the molecule is CS(=O)(=O)c1ccc(S(=O)(=O)N2CCSC2C(=O)OC[C@@H](Cc2c(Cl)c[n+]([O-])cc2Cl)c2ccc(OC(F)F)c(OCC3CC3)c2)cc1. The maximum atomic E-state index is 13.5. The molecule has 1 aromatic heterocycles. The lowest BCUT2D eigenvalue weighted by Crippen LogP contribution is -2.40. The summed E-state index contributed by atoms with van der Waals surface area (Å²) in [5, 5.41) is 10.7. The van der Waals surface area contributed by atoms with Crippen molar-refractivity contribution in [1.82, 2.24) is 4.31 Å². The number of ether oxygens (including phenoxy) is 3. The first-order valence-electron chi connectivity index (χ1n) is 14.5. The van der Waals surface area contributed by atoms with Crippen LogP contribution in [0.5, 0.6) is 11.5 Å². The van der Waals surface area contributed by atoms with Gasteiger partial charge in [-0.15, -0.1) is 11.8 Å². The number of nitrogens with zero attached hydrogens (tertiary/aromatic N) is 2. The lowest BCUT2D eigenvalue weighted by molar-refractivity contribution is -0.605. The molecule has 1 aliphatic carbocycles. The summed E-state index contributed by atoms with van der Waals surface area (Å²) in [6.07, 6.45) is 5.15. The van der Waals surface area contributed by atoms with Gasteiger partial charge in [-0.2, -0.15) is 17.8 Å². The number of carbonyl (C=O) groups is 1. The molecular weight excluding hydrogens is 737 g/mol. The molecule has 2 aliphatic rings. The highest BCUT2D eigenvalue weighted by atomic mass is 35.5. The zero-order valence-corrected chi connectivity index (χ0v) is 29.2. The zero-order chi connectivity index (χ0) is 34.8. The van der Waals surface area contributed by atoms with Gasteiger partial charge in [-0.3, -0.25) is 0 Å². The van der Waals surface area contributed by atoms with E-state index in [9.17, 15) is 35.6 Å². The normalized spacial score (nSPS) is 17.8. The molecule has 1 unspecified atom stereocenters. The molecule has 0 amide bonds. The molecule has 0 N–H and O–H groups in total. The van der Waals surface area contributed by atoms with Crippen molar-refractivity contribution >= 4 is 60.8 Å². The van der Waals surface area contributed by atoms with Crippen LogP contribution in [0, 0.1) is 11.1 Å². The van der Waals surface area contributed by atoms with Crippen molar-refractivity contribution in [2.45, 2.75) is 47.0 Å². The van der Waals surface area contributed by atoms with Crippen LogP contribution in [0.4, 0.5) is 8.78 Å². The number of sulfone groups is 1. The standard InChI is InChI=1S/C30H30Cl2F2N2O9S3/c1-47(39,40)21-5-7-22(8-6-21)48(41,42)36-10-11-46-28(36)29(37)44-17-20(12-23-24(31)14-35(38)15-25(23)32)19-4-9-26(45-30(33)34)27(13-19)43-16-18-2-3-18/h4-9,13-15,18,20,28,30H,2-3,10-12,16-17H2,1H3/t20-,28?/m1/s1. The van der Waals surface area contributed by atoms with Crippen molar-refractivity contribution in [3.63, 3.8) is 0 Å². The molecule has 0 spiro atoms. The van der Waals surface area contributed by atoms with Gasteiger partial charge in [-0.05, 0) is 67.1 Å². The van der Waals surface area contributed by atoms with Crippen LogP contribution in [0.15, 0.2) is 64.6 Å². The van der Waals surface area contributed by atoms with Crippen LogP contribution >= 0.6 is 35.0 Å². The van der Waals surface area contributed by atoms with E-state index in [1.807, 2.05) is 0 Å². The summed E-state index contributed by atoms with van der Waals surface area (Å²) < 4.78 is 94.6. The van der Waals surface area contributed by atoms with Gasteiger partial charge in [-0.1, -0.05) is 29.3 Å². The Morgan fingerprint density at radius 1 is 1.04 bits per heavy atom. The molecule has 3 aromatic rings. The highest BCUT2D eigenvalue weighted by Crippen LogP contribution is 2.38. The van der Waals surface area contributed by atoms with Gasteiger partial charge in [0.05, 0.1) is 23.0 Å². The molecule has 0 bridgehead atoms. The molecular formula is C30H30Cl2F2N2O9S3. The average Bonchev–Trinajstić information content (AvgIpc) is 3.71. The smallest absolute Gasteiger partial charge is 0.387 e. The molecule has 11 nitrogen and oxygen atoms in total. The van der Waals surface area contributed by atoms with E-state index in [1.54, 1.807) is 0 Å². The minimum absolute atomic E-state index is 0.00173. The fourth-order valence-corrected chi connectivity index (χ4v) is 9.25. The Kier molecular flexibility index (Phi) is 11.3. The van der Waals surface area contributed by atoms with Crippen LogP contribution < -0.4 is 14.2 Å². The molecule has 260 valence electrons. The topological polar surface area (TPSA) is 143 Å². The molecule has 1 saturated carbocycles. The average molecular weight is 768 g/mol. The monoisotopic (exact) mass is 766 g/mol. The predicted molar refractivity (Wildman–Crippen MR) is 174 cm³/mol. The Bertz CT molecular complexity index is 1860. The molecule has 48 heavy (non-hydrogen) atoms. The summed E-state index contributed by atoms with van der Waals surface area (Å²) in [4.78, 5) is 13.2. The van der Waals surface area contributed by atoms with E-state index in [1.165, 1.54) is 30.3 Å². The number of sulfonamides is 1. The Balaban J connectivity index is 1.40. The van der Waals surface area contributed by atoms with Crippen molar-refractivity contribution in [3.8, 4) is 11.5 Å². The predicted octanol–water partition coefficient (Wildman–Crippen LogP) is 5.05. The summed E-state index contributed by atoms with van der Waals surface area (Å²) in [6, 6.07) is 9.00. The molecule has 5 rings (SSSR count). The molecule has 2 fully saturated rings. The fraction of sp³-hybridized carbons (Fsp3) is 0.400. The van der Waals surface area contributed by atoms with Crippen LogP contribution in [0.3, 0.4) is 0 Å². The van der Waals surface area contributed by atoms with E-state index >= 15 is 0 Å². The first-order valence-corrected chi connectivity index (χ1v) is 19.7. The molecule has 1 aliphatic heterocycles. The van der Waals surface area contributed by atoms with E-state index in [0.29, 0.717) is 34.1 Å². The van der Waals surface area contributed by atoms with Gasteiger partial charge < -0.3 is 19.4 Å². The number of alkyl halides is 2. The summed E-state index contributed by atoms with van der Waals surface area (Å²) >= 11 is 13.8. The first kappa shape index (κ1) is 36.4. The maximum Gasteiger partial charge on any atom is 0.387 e. The number of hydrogen-bond acceptors (Lipinski definition) is 10. The van der Waals surface area contributed by atoms with Crippen molar-refractivity contribution in [2.24, 2.45) is 5.92 Å². The number of pyridine rings is 1. The number of thioether (sulfide) groups is 1. The minimum atomic E-state index is -4.22. The van der Waals surface area contributed by atoms with Crippen LogP contribution in [0.25, 0.3) is 0 Å². The second-order valence-corrected chi connectivity index (χ2v) is 17.2. The number of hydrogen-bond donors (Lipinski definition) is 0. The summed E-state index contributed by atoms with van der Waals surface area (Å²) in [5.41, 5.74) is 0.840. The van der Waals surface area contributed by atoms with E-state index < -0.39 is 43.7 Å². The zero-order valence-electron chi connectivity index (χ0n) is 25.3. The van der Waals surface area contributed by atoms with Gasteiger partial charge in [0.25, 0.3) is 0 Å². The van der Waals surface area contributed by atoms with Crippen LogP contribution in [0.1, 0.15) is 29.9 Å². The van der Waals surface area contributed by atoms with Crippen molar-refractivity contribution in [1.29, 1.82) is 0 Å². The van der Waals surface area contributed by atoms with Crippen molar-refractivity contribution in [2.75, 3.05) is 31.8 Å². The van der Waals surface area contributed by atoms with Gasteiger partial charge in [0.2, 0.25) is 10.0 Å². The van der Waals surface area contributed by atoms with Gasteiger partial charge in [-0.25, -0.2) is 21.6 Å². The molecule has 2 heterocycles. The highest BCUT2D eigenvalue weighted by Gasteiger charge is 2.41. The Labute approximate surface area is 290 Å². The summed E-state index contributed by atoms with van der Waals surface area (Å²) in [7, 11) is -7.78. The van der Waals surface area contributed by atoms with Crippen molar-refractivity contribution < 1.29 is 49.4 Å². The fourth-order valence-electron chi connectivity index (χ4n) is 4.96. The third-order valence-electron chi connectivity index (χ3n) is 7.67. The van der Waals surface area contributed by atoms with Gasteiger partial charge in [0.1, 0.15) is 10.0 Å². The maximum absolute atomic E-state index is 13.5. The number of rotatable bonds is 14. The van der Waals surface area contributed by atoms with Crippen molar-refractivity contribution in [3.05, 3.63) is 81.2 Å². The Morgan fingerprint density at radius 2 is 1.69 bits per heavy atom. The van der Waals surface area contributed by atoms with Crippen LogP contribution in [-0.2, 0) is 35.8 Å². The molecule has 18 heteroatoms. The molecule has 2 aromatic carbocycles. The van der Waals surface area contributed by atoms with Crippen LogP contribution in [-0.4, -0.2) is 70.9 Å². The summed E-state index contributed by atoms with van der Waals surface area (Å²) in [5.74, 6) is -1.10. The second kappa shape index (κ2) is 14.9. The third kappa shape index (κ3) is 8.82. The molecule has 1 saturated heterocycles. The first-order chi connectivity index (χ1) is 22.6. The molecule has 2 atom stereocenters. The van der Waals surface area contributed by atoms with E-state index in [4.69, 9.17) is 32.7 Å². The number of esters is 1. The Hall–Kier alpha value is -2.89. The second-order valence-electron chi connectivity index (χ2n) is 11.2. The lowest BCUT2D eigenvalue weighted by atomic mass is 9.92. The quantitative estimate of drug-likeness (QED) is 0.124. The molecule has 0 radical (unpaired) electrons. The van der Waals surface area contributed by atoms with Crippen LogP contribution in [0.2, 0.25) is 10.0 Å². The largest absolute Gasteiger partial charge is 0.619 e. The third-order valence-corrected chi connectivity index (χ3v) is 12.6. The van der Waals surface area contributed by atoms with E-state index in [2.05, 4.69) is 4.74 Å². The highest BCUT2D eigenvalue weighted by molar-refractivity contribution is 8.02. The lowest BCUT2D eigenvalue weighted by Gasteiger charge is -2.24. The van der Waals surface area contributed by atoms with Gasteiger partial charge in [0.15, 0.2) is 39.1 Å². The van der Waals surface area contributed by atoms with Gasteiger partial charge >= 0.3 is 12.6 Å².